The number of halogens is 3. The molecule has 8 heteroatoms. The smallest absolute Gasteiger partial charge is 0.870 e. The number of carboxylic acid groups (broad SMARTS) is 1. The van der Waals surface area contributed by atoms with E-state index >= 15 is 0 Å². The van der Waals surface area contributed by atoms with Crippen LogP contribution in [0.25, 0.3) is 0 Å². The Labute approximate surface area is 123 Å². The number of ether oxygens (including phenoxy) is 1. The van der Waals surface area contributed by atoms with Crippen molar-refractivity contribution in [2.24, 2.45) is 0 Å². The molecule has 0 saturated carbocycles. The Bertz CT molecular complexity index is 382. The van der Waals surface area contributed by atoms with E-state index in [0.717, 1.165) is 12.1 Å². The summed E-state index contributed by atoms with van der Waals surface area (Å²) in [6.45, 7) is -0.156. The van der Waals surface area contributed by atoms with Gasteiger partial charge in [-0.05, 0) is 18.2 Å². The fourth-order valence-electron chi connectivity index (χ4n) is 1.02. The normalized spacial score (nSPS) is 9.94. The van der Waals surface area contributed by atoms with Gasteiger partial charge >= 0.3 is 41.7 Å². The van der Waals surface area contributed by atoms with Gasteiger partial charge in [0.05, 0.1) is 18.6 Å². The van der Waals surface area contributed by atoms with E-state index in [1.165, 1.54) is 12.1 Å². The first kappa shape index (κ1) is 19.6. The van der Waals surface area contributed by atoms with E-state index in [9.17, 15) is 18.0 Å². The van der Waals surface area contributed by atoms with Crippen LogP contribution in [-0.2, 0) is 11.0 Å². The van der Waals surface area contributed by atoms with Crippen molar-refractivity contribution >= 4 is 5.97 Å². The van der Waals surface area contributed by atoms with Crippen LogP contribution in [0.1, 0.15) is 12.0 Å². The summed E-state index contributed by atoms with van der Waals surface area (Å²) in [5.74, 6) is -1.05. The first-order valence-electron chi connectivity index (χ1n) is 4.41. The van der Waals surface area contributed by atoms with Crippen molar-refractivity contribution in [3.63, 3.8) is 0 Å². The molecule has 0 atom stereocenters. The molecule has 0 amide bonds. The van der Waals surface area contributed by atoms with Gasteiger partial charge in [0.25, 0.3) is 0 Å². The van der Waals surface area contributed by atoms with Crippen molar-refractivity contribution in [2.45, 2.75) is 12.6 Å². The molecule has 1 aromatic rings. The summed E-state index contributed by atoms with van der Waals surface area (Å²) in [5.41, 5.74) is -0.819. The standard InChI is InChI=1S/C10H9F3O3.Na.H2O/c11-10(12,13)7-2-1-3-8(6-7)16-5-4-9(14)15;;/h1-3,6H,4-5H2,(H,14,15);;1H2/q;+1;/p-1. The number of benzene rings is 1. The van der Waals surface area contributed by atoms with E-state index in [4.69, 9.17) is 9.84 Å². The number of rotatable bonds is 4. The number of carbonyl (C=O) groups is 1. The first-order valence-corrected chi connectivity index (χ1v) is 4.41. The summed E-state index contributed by atoms with van der Waals surface area (Å²) in [5, 5.41) is 8.32. The molecular formula is C10H10F3NaO4. The van der Waals surface area contributed by atoms with Crippen LogP contribution < -0.4 is 34.3 Å². The second kappa shape index (κ2) is 8.36. The van der Waals surface area contributed by atoms with Gasteiger partial charge in [-0.25, -0.2) is 0 Å². The number of alkyl halides is 3. The second-order valence-corrected chi connectivity index (χ2v) is 3.02. The summed E-state index contributed by atoms with van der Waals surface area (Å²) >= 11 is 0. The number of carboxylic acids is 1. The van der Waals surface area contributed by atoms with Gasteiger partial charge in [-0.1, -0.05) is 6.07 Å². The van der Waals surface area contributed by atoms with Crippen LogP contribution in [0.2, 0.25) is 0 Å². The molecule has 0 saturated heterocycles. The minimum Gasteiger partial charge on any atom is -0.870 e. The summed E-state index contributed by atoms with van der Waals surface area (Å²) in [6, 6.07) is 4.31. The average molecular weight is 274 g/mol. The SMILES string of the molecule is O=C(O)CCOc1cccc(C(F)(F)F)c1.[Na+].[OH-]. The van der Waals surface area contributed by atoms with E-state index in [1.54, 1.807) is 0 Å². The molecule has 0 aliphatic heterocycles. The van der Waals surface area contributed by atoms with Crippen LogP contribution in [0.5, 0.6) is 5.75 Å². The fourth-order valence-corrected chi connectivity index (χ4v) is 1.02. The predicted octanol–water partition coefficient (Wildman–Crippen LogP) is -0.614. The van der Waals surface area contributed by atoms with Gasteiger partial charge in [0, 0.05) is 0 Å². The Kier molecular flexibility index (Phi) is 9.09. The Balaban J connectivity index is 0. The molecular weight excluding hydrogens is 264 g/mol. The monoisotopic (exact) mass is 274 g/mol. The summed E-state index contributed by atoms with van der Waals surface area (Å²) in [6.07, 6.45) is -4.68. The molecule has 0 fully saturated rings. The van der Waals surface area contributed by atoms with Crippen LogP contribution in [0, 0.1) is 0 Å². The topological polar surface area (TPSA) is 76.5 Å². The molecule has 96 valence electrons. The Morgan fingerprint density at radius 3 is 2.44 bits per heavy atom. The van der Waals surface area contributed by atoms with Gasteiger partial charge in [-0.15, -0.1) is 0 Å². The second-order valence-electron chi connectivity index (χ2n) is 3.02. The third-order valence-electron chi connectivity index (χ3n) is 1.75. The molecule has 1 rings (SSSR count). The average Bonchev–Trinajstić information content (AvgIpc) is 2.16. The minimum absolute atomic E-state index is 0. The maximum absolute atomic E-state index is 12.3. The predicted molar refractivity (Wildman–Crippen MR) is 51.1 cm³/mol. The van der Waals surface area contributed by atoms with Crippen LogP contribution >= 0.6 is 0 Å². The molecule has 18 heavy (non-hydrogen) atoms. The number of hydrogen-bond acceptors (Lipinski definition) is 3. The third-order valence-corrected chi connectivity index (χ3v) is 1.75. The maximum Gasteiger partial charge on any atom is 1.00 e. The van der Waals surface area contributed by atoms with E-state index in [2.05, 4.69) is 0 Å². The molecule has 0 bridgehead atoms. The van der Waals surface area contributed by atoms with Gasteiger partial charge in [-0.2, -0.15) is 13.2 Å². The van der Waals surface area contributed by atoms with Crippen LogP contribution in [-0.4, -0.2) is 23.2 Å². The summed E-state index contributed by atoms with van der Waals surface area (Å²) in [4.78, 5) is 10.2. The zero-order valence-corrected chi connectivity index (χ0v) is 11.6. The van der Waals surface area contributed by atoms with Crippen LogP contribution in [0.4, 0.5) is 13.2 Å². The van der Waals surface area contributed by atoms with Crippen molar-refractivity contribution < 1.29 is 62.8 Å². The van der Waals surface area contributed by atoms with Gasteiger partial charge in [0.2, 0.25) is 0 Å². The minimum atomic E-state index is -4.42. The molecule has 1 aromatic carbocycles. The molecule has 0 aliphatic rings. The van der Waals surface area contributed by atoms with E-state index in [0.29, 0.717) is 0 Å². The molecule has 2 N–H and O–H groups in total. The maximum atomic E-state index is 12.3. The zero-order chi connectivity index (χ0) is 12.2. The van der Waals surface area contributed by atoms with E-state index in [-0.39, 0.29) is 53.8 Å². The van der Waals surface area contributed by atoms with Crippen molar-refractivity contribution in [2.75, 3.05) is 6.61 Å². The Hall–Kier alpha value is -0.760. The third kappa shape index (κ3) is 6.85. The molecule has 0 unspecified atom stereocenters. The van der Waals surface area contributed by atoms with Gasteiger partial charge < -0.3 is 15.3 Å². The van der Waals surface area contributed by atoms with E-state index < -0.39 is 17.7 Å². The first-order chi connectivity index (χ1) is 7.39. The number of hydrogen-bond donors (Lipinski definition) is 1. The summed E-state index contributed by atoms with van der Waals surface area (Å²) in [7, 11) is 0. The molecule has 0 aliphatic carbocycles. The molecule has 0 spiro atoms. The van der Waals surface area contributed by atoms with Crippen molar-refractivity contribution in [3.8, 4) is 5.75 Å². The van der Waals surface area contributed by atoms with Crippen molar-refractivity contribution in [3.05, 3.63) is 29.8 Å². The van der Waals surface area contributed by atoms with Crippen LogP contribution in [0.15, 0.2) is 24.3 Å². The molecule has 0 aromatic heterocycles. The molecule has 0 heterocycles. The van der Waals surface area contributed by atoms with Gasteiger partial charge in [0.15, 0.2) is 0 Å². The van der Waals surface area contributed by atoms with Crippen molar-refractivity contribution in [1.29, 1.82) is 0 Å². The van der Waals surface area contributed by atoms with Crippen LogP contribution in [0.3, 0.4) is 0 Å². The molecule has 0 radical (unpaired) electrons. The van der Waals surface area contributed by atoms with Gasteiger partial charge in [-0.3, -0.25) is 4.79 Å². The van der Waals surface area contributed by atoms with Gasteiger partial charge in [0.1, 0.15) is 5.75 Å². The molecule has 4 nitrogen and oxygen atoms in total. The largest absolute Gasteiger partial charge is 1.00 e. The Morgan fingerprint density at radius 2 is 1.94 bits per heavy atom. The van der Waals surface area contributed by atoms with Crippen molar-refractivity contribution in [1.82, 2.24) is 0 Å². The summed E-state index contributed by atoms with van der Waals surface area (Å²) < 4.78 is 41.7. The quantitative estimate of drug-likeness (QED) is 0.743. The Morgan fingerprint density at radius 1 is 1.33 bits per heavy atom. The number of aliphatic carboxylic acids is 1. The van der Waals surface area contributed by atoms with E-state index in [1.807, 2.05) is 0 Å². The zero-order valence-electron chi connectivity index (χ0n) is 9.57. The fraction of sp³-hybridized carbons (Fsp3) is 0.300.